The van der Waals surface area contributed by atoms with Crippen LogP contribution in [-0.2, 0) is 14.4 Å². The molecule has 2 aromatic rings. The fraction of sp³-hybridized carbons (Fsp3) is 0.458. The van der Waals surface area contributed by atoms with E-state index < -0.39 is 6.04 Å². The van der Waals surface area contributed by atoms with Gasteiger partial charge in [0.05, 0.1) is 17.9 Å². The Kier molecular flexibility index (Phi) is 5.50. The topological polar surface area (TPSA) is 79.6 Å². The molecule has 0 saturated carbocycles. The highest BCUT2D eigenvalue weighted by molar-refractivity contribution is 6.08. The van der Waals surface area contributed by atoms with Crippen LogP contribution in [0.5, 0.6) is 0 Å². The first-order chi connectivity index (χ1) is 14.4. The number of likely N-dealkylation sites (tertiary alicyclic amines) is 1. The number of imide groups is 1. The van der Waals surface area contributed by atoms with Crippen molar-refractivity contribution in [3.05, 3.63) is 48.2 Å². The Labute approximate surface area is 176 Å². The van der Waals surface area contributed by atoms with Crippen LogP contribution in [0.4, 0.5) is 0 Å². The van der Waals surface area contributed by atoms with E-state index in [0.29, 0.717) is 25.0 Å². The Morgan fingerprint density at radius 3 is 2.33 bits per heavy atom. The summed E-state index contributed by atoms with van der Waals surface area (Å²) in [6, 6.07) is 8.39. The van der Waals surface area contributed by atoms with Gasteiger partial charge in [-0.05, 0) is 44.2 Å². The summed E-state index contributed by atoms with van der Waals surface area (Å²) in [7, 11) is 0. The van der Waals surface area contributed by atoms with E-state index in [1.165, 1.54) is 4.90 Å². The molecule has 1 aliphatic heterocycles. The van der Waals surface area contributed by atoms with Crippen LogP contribution in [0.25, 0.3) is 11.0 Å². The number of allylic oxidation sites excluding steroid dienone is 2. The molecule has 2 aliphatic rings. The number of nitrogens with zero attached hydrogens (tertiary/aromatic N) is 1. The minimum absolute atomic E-state index is 0.156. The van der Waals surface area contributed by atoms with Crippen molar-refractivity contribution in [2.75, 3.05) is 0 Å². The Morgan fingerprint density at radius 1 is 1.10 bits per heavy atom. The Bertz CT molecular complexity index is 947. The third kappa shape index (κ3) is 3.66. The molecule has 6 heteroatoms. The number of benzene rings is 1. The fourth-order valence-electron chi connectivity index (χ4n) is 4.51. The Hall–Kier alpha value is -2.89. The highest BCUT2D eigenvalue weighted by Crippen LogP contribution is 2.37. The van der Waals surface area contributed by atoms with Crippen LogP contribution < -0.4 is 5.32 Å². The lowest BCUT2D eigenvalue weighted by atomic mass is 9.85. The third-order valence-electron chi connectivity index (χ3n) is 6.08. The number of rotatable bonds is 6. The number of amides is 3. The lowest BCUT2D eigenvalue weighted by Gasteiger charge is -2.28. The number of para-hydroxylation sites is 1. The van der Waals surface area contributed by atoms with Gasteiger partial charge in [0.25, 0.3) is 0 Å². The van der Waals surface area contributed by atoms with Crippen LogP contribution in [0.2, 0.25) is 0 Å². The first-order valence-electron chi connectivity index (χ1n) is 10.7. The van der Waals surface area contributed by atoms with E-state index in [4.69, 9.17) is 4.42 Å². The van der Waals surface area contributed by atoms with Gasteiger partial charge < -0.3 is 9.73 Å². The standard InChI is InChI=1S/C24H28N2O4/c1-14(2)12-19(26-23(28)17-9-5-6-10-18(17)24(26)29)22(27)25-15(3)21-13-16-8-4-7-11-20(16)30-21/h4-8,11,13-15,17-19H,9-10,12H2,1-3H3,(H,25,27). The molecular formula is C24H28N2O4. The fourth-order valence-corrected chi connectivity index (χ4v) is 4.51. The number of nitrogens with one attached hydrogen (secondary N) is 1. The first kappa shape index (κ1) is 20.4. The molecule has 1 aliphatic carbocycles. The van der Waals surface area contributed by atoms with E-state index in [9.17, 15) is 14.4 Å². The second kappa shape index (κ2) is 8.09. The maximum Gasteiger partial charge on any atom is 0.243 e. The highest BCUT2D eigenvalue weighted by Gasteiger charge is 2.51. The lowest BCUT2D eigenvalue weighted by Crippen LogP contribution is -2.51. The largest absolute Gasteiger partial charge is 0.459 e. The van der Waals surface area contributed by atoms with E-state index in [0.717, 1.165) is 11.0 Å². The molecule has 3 amide bonds. The number of hydrogen-bond acceptors (Lipinski definition) is 4. The zero-order valence-electron chi connectivity index (χ0n) is 17.6. The molecule has 1 N–H and O–H groups in total. The van der Waals surface area contributed by atoms with Gasteiger partial charge in [-0.3, -0.25) is 19.3 Å². The molecule has 158 valence electrons. The zero-order chi connectivity index (χ0) is 21.4. The van der Waals surface area contributed by atoms with Crippen molar-refractivity contribution in [2.45, 2.75) is 52.1 Å². The predicted octanol–water partition coefficient (Wildman–Crippen LogP) is 3.98. The van der Waals surface area contributed by atoms with Crippen LogP contribution in [0.3, 0.4) is 0 Å². The summed E-state index contributed by atoms with van der Waals surface area (Å²) in [4.78, 5) is 40.5. The number of carbonyl (C=O) groups is 3. The molecule has 1 aromatic heterocycles. The molecule has 0 bridgehead atoms. The average Bonchev–Trinajstić information content (AvgIpc) is 3.26. The van der Waals surface area contributed by atoms with Crippen LogP contribution in [0, 0.1) is 17.8 Å². The van der Waals surface area contributed by atoms with Crippen molar-refractivity contribution in [2.24, 2.45) is 17.8 Å². The van der Waals surface area contributed by atoms with E-state index in [2.05, 4.69) is 5.32 Å². The van der Waals surface area contributed by atoms with Gasteiger partial charge in [0.2, 0.25) is 17.7 Å². The van der Waals surface area contributed by atoms with E-state index in [1.54, 1.807) is 0 Å². The highest BCUT2D eigenvalue weighted by atomic mass is 16.3. The Morgan fingerprint density at radius 2 is 1.73 bits per heavy atom. The van der Waals surface area contributed by atoms with Crippen molar-refractivity contribution in [3.63, 3.8) is 0 Å². The van der Waals surface area contributed by atoms with E-state index >= 15 is 0 Å². The second-order valence-corrected chi connectivity index (χ2v) is 8.76. The molecule has 0 spiro atoms. The van der Waals surface area contributed by atoms with Crippen molar-refractivity contribution in [1.29, 1.82) is 0 Å². The molecule has 0 radical (unpaired) electrons. The molecule has 1 saturated heterocycles. The summed E-state index contributed by atoms with van der Waals surface area (Å²) < 4.78 is 5.87. The maximum absolute atomic E-state index is 13.2. The van der Waals surface area contributed by atoms with Gasteiger partial charge in [-0.15, -0.1) is 0 Å². The van der Waals surface area contributed by atoms with Gasteiger partial charge in [-0.2, -0.15) is 0 Å². The molecular weight excluding hydrogens is 380 g/mol. The minimum atomic E-state index is -0.803. The van der Waals surface area contributed by atoms with Crippen LogP contribution in [0.15, 0.2) is 46.9 Å². The summed E-state index contributed by atoms with van der Waals surface area (Å²) in [5.41, 5.74) is 0.758. The molecule has 4 unspecified atom stereocenters. The number of furan rings is 1. The summed E-state index contributed by atoms with van der Waals surface area (Å²) in [6.07, 6.45) is 5.48. The van der Waals surface area contributed by atoms with Crippen molar-refractivity contribution < 1.29 is 18.8 Å². The van der Waals surface area contributed by atoms with Crippen LogP contribution in [-0.4, -0.2) is 28.7 Å². The van der Waals surface area contributed by atoms with Crippen LogP contribution >= 0.6 is 0 Å². The third-order valence-corrected chi connectivity index (χ3v) is 6.08. The quantitative estimate of drug-likeness (QED) is 0.579. The molecule has 4 atom stereocenters. The normalized spacial score (nSPS) is 23.1. The summed E-state index contributed by atoms with van der Waals surface area (Å²) >= 11 is 0. The van der Waals surface area contributed by atoms with Gasteiger partial charge in [0.15, 0.2) is 0 Å². The zero-order valence-corrected chi connectivity index (χ0v) is 17.6. The predicted molar refractivity (Wildman–Crippen MR) is 113 cm³/mol. The number of hydrogen-bond donors (Lipinski definition) is 1. The minimum Gasteiger partial charge on any atom is -0.459 e. The van der Waals surface area contributed by atoms with Gasteiger partial charge in [-0.1, -0.05) is 44.2 Å². The van der Waals surface area contributed by atoms with Gasteiger partial charge in [0.1, 0.15) is 17.4 Å². The van der Waals surface area contributed by atoms with Gasteiger partial charge in [-0.25, -0.2) is 0 Å². The van der Waals surface area contributed by atoms with Crippen molar-refractivity contribution >= 4 is 28.7 Å². The summed E-state index contributed by atoms with van der Waals surface area (Å²) in [6.45, 7) is 5.82. The molecule has 2 heterocycles. The van der Waals surface area contributed by atoms with Gasteiger partial charge in [0, 0.05) is 5.39 Å². The average molecular weight is 408 g/mol. The number of fused-ring (bicyclic) bond motifs is 2. The SMILES string of the molecule is CC(C)CC(C(=O)NC(C)c1cc2ccccc2o1)N1C(=O)C2CC=CCC2C1=O. The van der Waals surface area contributed by atoms with Crippen LogP contribution in [0.1, 0.15) is 51.8 Å². The van der Waals surface area contributed by atoms with Crippen molar-refractivity contribution in [1.82, 2.24) is 10.2 Å². The summed E-state index contributed by atoms with van der Waals surface area (Å²) in [5.74, 6) is -0.619. The molecule has 30 heavy (non-hydrogen) atoms. The first-order valence-corrected chi connectivity index (χ1v) is 10.7. The van der Waals surface area contributed by atoms with E-state index in [1.807, 2.05) is 63.3 Å². The molecule has 1 fully saturated rings. The molecule has 6 nitrogen and oxygen atoms in total. The summed E-state index contributed by atoms with van der Waals surface area (Å²) in [5, 5.41) is 3.93. The van der Waals surface area contributed by atoms with Crippen molar-refractivity contribution in [3.8, 4) is 0 Å². The van der Waals surface area contributed by atoms with Gasteiger partial charge >= 0.3 is 0 Å². The van der Waals surface area contributed by atoms with E-state index in [-0.39, 0.29) is 41.5 Å². The number of carbonyl (C=O) groups excluding carboxylic acids is 3. The lowest BCUT2D eigenvalue weighted by molar-refractivity contribution is -0.148. The second-order valence-electron chi connectivity index (χ2n) is 8.76. The smallest absolute Gasteiger partial charge is 0.243 e. The Balaban J connectivity index is 1.55. The monoisotopic (exact) mass is 408 g/mol. The molecule has 1 aromatic carbocycles. The maximum atomic E-state index is 13.2. The molecule has 4 rings (SSSR count).